The molecule has 0 heterocycles. The molecule has 0 aliphatic carbocycles. The van der Waals surface area contributed by atoms with E-state index in [2.05, 4.69) is 50.2 Å². The topological polar surface area (TPSA) is 17.1 Å². The molecule has 0 fully saturated rings. The van der Waals surface area contributed by atoms with Gasteiger partial charge in [0.2, 0.25) is 0 Å². The molecule has 27 heavy (non-hydrogen) atoms. The Morgan fingerprint density at radius 1 is 0.704 bits per heavy atom. The van der Waals surface area contributed by atoms with Crippen LogP contribution in [0.1, 0.15) is 46.5 Å². The molecule has 0 aromatic heterocycles. The number of carbonyl (C=O) groups is 1. The Bertz CT molecular complexity index is 849. The molecule has 0 spiro atoms. The van der Waals surface area contributed by atoms with Crippen LogP contribution in [0, 0.1) is 0 Å². The van der Waals surface area contributed by atoms with E-state index in [1.165, 1.54) is 16.7 Å². The van der Waals surface area contributed by atoms with Crippen LogP contribution in [0.15, 0.2) is 78.9 Å². The Balaban J connectivity index is 1.55. The lowest BCUT2D eigenvalue weighted by Crippen LogP contribution is -2.01. The van der Waals surface area contributed by atoms with Gasteiger partial charge in [-0.15, -0.1) is 0 Å². The second-order valence-electron chi connectivity index (χ2n) is 7.07. The summed E-state index contributed by atoms with van der Waals surface area (Å²) in [5.74, 6) is 1.16. The van der Waals surface area contributed by atoms with Gasteiger partial charge in [0.05, 0.1) is 0 Å². The molecule has 138 valence electrons. The van der Waals surface area contributed by atoms with E-state index in [0.717, 1.165) is 29.7 Å². The highest BCUT2D eigenvalue weighted by molar-refractivity contribution is 7.99. The fraction of sp³-hybridized carbons (Fsp3) is 0.240. The lowest BCUT2D eigenvalue weighted by molar-refractivity contribution is 0.103. The summed E-state index contributed by atoms with van der Waals surface area (Å²) in [6.07, 6.45) is 2.00. The number of aryl methyl sites for hydroxylation is 2. The van der Waals surface area contributed by atoms with Crippen molar-refractivity contribution in [3.8, 4) is 0 Å². The third kappa shape index (κ3) is 5.83. The molecule has 1 nitrogen and oxygen atoms in total. The molecule has 0 unspecified atom stereocenters. The lowest BCUT2D eigenvalue weighted by Gasteiger charge is -2.07. The molecule has 2 heteroatoms. The van der Waals surface area contributed by atoms with Crippen LogP contribution in [-0.2, 0) is 18.6 Å². The lowest BCUT2D eigenvalue weighted by atomic mass is 9.99. The smallest absolute Gasteiger partial charge is 0.193 e. The number of rotatable bonds is 8. The largest absolute Gasteiger partial charge is 0.289 e. The highest BCUT2D eigenvalue weighted by Crippen LogP contribution is 2.18. The summed E-state index contributed by atoms with van der Waals surface area (Å²) in [7, 11) is 0. The summed E-state index contributed by atoms with van der Waals surface area (Å²) in [6.45, 7) is 4.47. The van der Waals surface area contributed by atoms with E-state index in [1.54, 1.807) is 0 Å². The van der Waals surface area contributed by atoms with Crippen LogP contribution in [0.2, 0.25) is 0 Å². The summed E-state index contributed by atoms with van der Waals surface area (Å²) in [4.78, 5) is 12.5. The van der Waals surface area contributed by atoms with E-state index >= 15 is 0 Å². The summed E-state index contributed by atoms with van der Waals surface area (Å²) < 4.78 is 0. The van der Waals surface area contributed by atoms with Crippen LogP contribution in [0.25, 0.3) is 0 Å². The molecule has 0 bridgehead atoms. The van der Waals surface area contributed by atoms with Crippen LogP contribution in [0.5, 0.6) is 0 Å². The summed E-state index contributed by atoms with van der Waals surface area (Å²) in [5.41, 5.74) is 5.50. The fourth-order valence-corrected chi connectivity index (χ4v) is 3.65. The van der Waals surface area contributed by atoms with Gasteiger partial charge in [0, 0.05) is 16.9 Å². The van der Waals surface area contributed by atoms with E-state index in [9.17, 15) is 4.79 Å². The first-order chi connectivity index (χ1) is 13.1. The number of carbonyl (C=O) groups excluding carboxylic acids is 1. The average Bonchev–Trinajstić information content (AvgIpc) is 2.72. The van der Waals surface area contributed by atoms with Crippen molar-refractivity contribution in [2.24, 2.45) is 0 Å². The van der Waals surface area contributed by atoms with Gasteiger partial charge in [-0.25, -0.2) is 0 Å². The predicted octanol–water partition coefficient (Wildman–Crippen LogP) is 6.34. The second-order valence-corrected chi connectivity index (χ2v) is 8.63. The minimum Gasteiger partial charge on any atom is -0.289 e. The molecule has 0 saturated carbocycles. The molecule has 0 atom stereocenters. The average molecular weight is 375 g/mol. The van der Waals surface area contributed by atoms with Crippen LogP contribution >= 0.6 is 11.8 Å². The van der Waals surface area contributed by atoms with Gasteiger partial charge >= 0.3 is 0 Å². The van der Waals surface area contributed by atoms with E-state index < -0.39 is 0 Å². The van der Waals surface area contributed by atoms with Crippen LogP contribution < -0.4 is 0 Å². The molecule has 0 saturated heterocycles. The molecule has 3 aromatic carbocycles. The molecule has 0 aliphatic rings. The van der Waals surface area contributed by atoms with Crippen LogP contribution in [0.3, 0.4) is 0 Å². The number of hydrogen-bond acceptors (Lipinski definition) is 2. The van der Waals surface area contributed by atoms with E-state index in [1.807, 2.05) is 54.2 Å². The zero-order chi connectivity index (χ0) is 19.1. The van der Waals surface area contributed by atoms with Crippen molar-refractivity contribution in [1.82, 2.24) is 0 Å². The molecular weight excluding hydrogens is 348 g/mol. The number of thioether (sulfide) groups is 1. The second kappa shape index (κ2) is 9.57. The van der Waals surface area contributed by atoms with Crippen molar-refractivity contribution in [2.75, 3.05) is 0 Å². The standard InChI is InChI=1S/C25H26OS/c1-19(2)27-18-22-12-10-20(11-13-22)8-9-21-14-16-24(17-15-21)25(26)23-6-4-3-5-7-23/h3-7,10-17,19H,8-9,18H2,1-2H3. The van der Waals surface area contributed by atoms with E-state index in [-0.39, 0.29) is 5.78 Å². The summed E-state index contributed by atoms with van der Waals surface area (Å²) in [5, 5.41) is 0.668. The molecule has 3 aromatic rings. The maximum absolute atomic E-state index is 12.5. The first-order valence-electron chi connectivity index (χ1n) is 9.50. The Labute approximate surface area is 166 Å². The van der Waals surface area contributed by atoms with Crippen LogP contribution in [-0.4, -0.2) is 11.0 Å². The van der Waals surface area contributed by atoms with Gasteiger partial charge in [0.25, 0.3) is 0 Å². The van der Waals surface area contributed by atoms with Crippen molar-refractivity contribution in [2.45, 2.75) is 37.7 Å². The first kappa shape index (κ1) is 19.4. The highest BCUT2D eigenvalue weighted by atomic mass is 32.2. The minimum atomic E-state index is 0.0806. The maximum atomic E-state index is 12.5. The van der Waals surface area contributed by atoms with Gasteiger partial charge < -0.3 is 0 Å². The van der Waals surface area contributed by atoms with Crippen molar-refractivity contribution in [1.29, 1.82) is 0 Å². The predicted molar refractivity (Wildman–Crippen MR) is 117 cm³/mol. The molecule has 0 radical (unpaired) electrons. The Morgan fingerprint density at radius 2 is 1.19 bits per heavy atom. The molecular formula is C25H26OS. The van der Waals surface area contributed by atoms with Crippen molar-refractivity contribution in [3.05, 3.63) is 107 Å². The highest BCUT2D eigenvalue weighted by Gasteiger charge is 2.08. The Hall–Kier alpha value is -2.32. The number of hydrogen-bond donors (Lipinski definition) is 0. The normalized spacial score (nSPS) is 10.9. The van der Waals surface area contributed by atoms with Crippen LogP contribution in [0.4, 0.5) is 0 Å². The third-order valence-electron chi connectivity index (χ3n) is 4.56. The zero-order valence-electron chi connectivity index (χ0n) is 16.0. The molecule has 3 rings (SSSR count). The fourth-order valence-electron chi connectivity index (χ4n) is 2.93. The van der Waals surface area contributed by atoms with Gasteiger partial charge in [0.1, 0.15) is 0 Å². The summed E-state index contributed by atoms with van der Waals surface area (Å²) >= 11 is 1.97. The van der Waals surface area contributed by atoms with Crippen molar-refractivity contribution < 1.29 is 4.79 Å². The summed E-state index contributed by atoms with van der Waals surface area (Å²) in [6, 6.07) is 26.4. The Kier molecular flexibility index (Phi) is 6.89. The van der Waals surface area contributed by atoms with Gasteiger partial charge in [0.15, 0.2) is 5.78 Å². The number of benzene rings is 3. The molecule has 0 amide bonds. The van der Waals surface area contributed by atoms with Gasteiger partial charge in [-0.3, -0.25) is 4.79 Å². The minimum absolute atomic E-state index is 0.0806. The van der Waals surface area contributed by atoms with Gasteiger partial charge in [-0.2, -0.15) is 11.8 Å². The van der Waals surface area contributed by atoms with Crippen molar-refractivity contribution in [3.63, 3.8) is 0 Å². The Morgan fingerprint density at radius 3 is 1.74 bits per heavy atom. The van der Waals surface area contributed by atoms with E-state index in [4.69, 9.17) is 0 Å². The van der Waals surface area contributed by atoms with Gasteiger partial charge in [-0.05, 0) is 34.8 Å². The van der Waals surface area contributed by atoms with Gasteiger partial charge in [-0.1, -0.05) is 92.7 Å². The van der Waals surface area contributed by atoms with E-state index in [0.29, 0.717) is 5.25 Å². The maximum Gasteiger partial charge on any atom is 0.193 e. The third-order valence-corrected chi connectivity index (χ3v) is 5.73. The molecule has 0 aliphatic heterocycles. The zero-order valence-corrected chi connectivity index (χ0v) is 16.8. The first-order valence-corrected chi connectivity index (χ1v) is 10.5. The monoisotopic (exact) mass is 374 g/mol. The quantitative estimate of drug-likeness (QED) is 0.428. The molecule has 0 N–H and O–H groups in total. The SMILES string of the molecule is CC(C)SCc1ccc(CCc2ccc(C(=O)c3ccccc3)cc2)cc1. The number of ketones is 1. The van der Waals surface area contributed by atoms with Crippen molar-refractivity contribution >= 4 is 17.5 Å².